The molecule has 0 unspecified atom stereocenters. The number of hydrogen-bond acceptors (Lipinski definition) is 3. The third-order valence-corrected chi connectivity index (χ3v) is 5.84. The van der Waals surface area contributed by atoms with Crippen LogP contribution in [0.3, 0.4) is 0 Å². The number of nitrogens with zero attached hydrogens (tertiary/aromatic N) is 1. The molecule has 1 N–H and O–H groups in total. The molecule has 1 amide bonds. The number of aryl methyl sites for hydroxylation is 1. The molecule has 4 rings (SSSR count). The molecule has 0 bridgehead atoms. The zero-order valence-electron chi connectivity index (χ0n) is 16.0. The van der Waals surface area contributed by atoms with Gasteiger partial charge in [-0.3, -0.25) is 4.79 Å². The predicted octanol–water partition coefficient (Wildman–Crippen LogP) is 6.43. The number of hydrogen-bond donors (Lipinski definition) is 1. The molecule has 0 fully saturated rings. The molecule has 2 aromatic heterocycles. The fourth-order valence-electron chi connectivity index (χ4n) is 3.20. The summed E-state index contributed by atoms with van der Waals surface area (Å²) in [6.45, 7) is 2.06. The first kappa shape index (κ1) is 19.3. The molecule has 0 saturated heterocycles. The van der Waals surface area contributed by atoms with Crippen molar-refractivity contribution < 1.29 is 9.53 Å². The van der Waals surface area contributed by atoms with Crippen molar-refractivity contribution in [2.24, 2.45) is 0 Å². The largest absolute Gasteiger partial charge is 0.495 e. The minimum Gasteiger partial charge on any atom is -0.495 e. The van der Waals surface area contributed by atoms with Gasteiger partial charge in [-0.25, -0.2) is 0 Å². The van der Waals surface area contributed by atoms with Gasteiger partial charge in [-0.05, 0) is 42.8 Å². The monoisotopic (exact) mass is 422 g/mol. The van der Waals surface area contributed by atoms with Gasteiger partial charge in [0, 0.05) is 29.0 Å². The number of rotatable bonds is 5. The minimum atomic E-state index is -0.182. The average molecular weight is 423 g/mol. The van der Waals surface area contributed by atoms with Crippen LogP contribution in [-0.2, 0) is 0 Å². The third kappa shape index (κ3) is 3.92. The predicted molar refractivity (Wildman–Crippen MR) is 120 cm³/mol. The first-order valence-corrected chi connectivity index (χ1v) is 10.3. The fourth-order valence-corrected chi connectivity index (χ4v) is 4.43. The van der Waals surface area contributed by atoms with E-state index < -0.39 is 0 Å². The molecule has 0 saturated carbocycles. The van der Waals surface area contributed by atoms with Crippen LogP contribution < -0.4 is 10.1 Å². The average Bonchev–Trinajstić information content (AvgIpc) is 3.37. The van der Waals surface area contributed by atoms with Gasteiger partial charge in [0.1, 0.15) is 10.6 Å². The summed E-state index contributed by atoms with van der Waals surface area (Å²) in [6, 6.07) is 17.4. The van der Waals surface area contributed by atoms with Crippen LogP contribution in [0.15, 0.2) is 72.4 Å². The molecule has 4 nitrogen and oxygen atoms in total. The Morgan fingerprint density at radius 2 is 1.90 bits per heavy atom. The van der Waals surface area contributed by atoms with Crippen LogP contribution in [0.4, 0.5) is 5.69 Å². The lowest BCUT2D eigenvalue weighted by molar-refractivity contribution is 0.103. The second-order valence-corrected chi connectivity index (χ2v) is 7.88. The van der Waals surface area contributed by atoms with Crippen LogP contribution >= 0.6 is 22.9 Å². The summed E-state index contributed by atoms with van der Waals surface area (Å²) in [5.74, 6) is 0.384. The molecule has 0 radical (unpaired) electrons. The van der Waals surface area contributed by atoms with Gasteiger partial charge >= 0.3 is 0 Å². The Morgan fingerprint density at radius 1 is 1.10 bits per heavy atom. The van der Waals surface area contributed by atoms with Gasteiger partial charge < -0.3 is 14.6 Å². The van der Waals surface area contributed by atoms with Crippen LogP contribution in [-0.4, -0.2) is 17.6 Å². The van der Waals surface area contributed by atoms with E-state index in [1.54, 1.807) is 25.3 Å². The van der Waals surface area contributed by atoms with E-state index in [4.69, 9.17) is 16.3 Å². The summed E-state index contributed by atoms with van der Waals surface area (Å²) in [5, 5.41) is 5.42. The summed E-state index contributed by atoms with van der Waals surface area (Å²) >= 11 is 7.62. The van der Waals surface area contributed by atoms with Crippen molar-refractivity contribution in [3.05, 3.63) is 87.8 Å². The second kappa shape index (κ2) is 8.15. The van der Waals surface area contributed by atoms with E-state index in [-0.39, 0.29) is 5.91 Å². The Bertz CT molecular complexity index is 1170. The number of halogens is 1. The lowest BCUT2D eigenvalue weighted by Gasteiger charge is -2.11. The topological polar surface area (TPSA) is 43.3 Å². The zero-order valence-corrected chi connectivity index (χ0v) is 17.6. The van der Waals surface area contributed by atoms with Crippen LogP contribution in [0, 0.1) is 6.92 Å². The number of carbonyl (C=O) groups is 1. The summed E-state index contributed by atoms with van der Waals surface area (Å²) < 4.78 is 7.15. The molecule has 0 aliphatic carbocycles. The zero-order chi connectivity index (χ0) is 20.4. The summed E-state index contributed by atoms with van der Waals surface area (Å²) in [5.41, 5.74) is 4.75. The standard InChI is InChI=1S/C23H19ClN2O2S/c1-15-6-5-7-16(12-15)18-14-29-22(21(18)26-10-3-4-11-26)23(27)25-17-8-9-20(28-2)19(24)13-17/h3-14H,1-2H3,(H,25,27). The molecular weight excluding hydrogens is 404 g/mol. The SMILES string of the molecule is COc1ccc(NC(=O)c2scc(-c3cccc(C)c3)c2-n2cccc2)cc1Cl. The van der Waals surface area contributed by atoms with Crippen molar-refractivity contribution >= 4 is 34.5 Å². The maximum absolute atomic E-state index is 13.1. The maximum atomic E-state index is 13.1. The van der Waals surface area contributed by atoms with Gasteiger partial charge in [-0.2, -0.15) is 0 Å². The molecule has 6 heteroatoms. The van der Waals surface area contributed by atoms with E-state index in [1.165, 1.54) is 16.9 Å². The van der Waals surface area contributed by atoms with Crippen LogP contribution in [0.2, 0.25) is 5.02 Å². The van der Waals surface area contributed by atoms with E-state index in [1.807, 2.05) is 40.5 Å². The summed E-state index contributed by atoms with van der Waals surface area (Å²) in [7, 11) is 1.56. The Kier molecular flexibility index (Phi) is 5.43. The number of benzene rings is 2. The highest BCUT2D eigenvalue weighted by Gasteiger charge is 2.21. The summed E-state index contributed by atoms with van der Waals surface area (Å²) in [6.07, 6.45) is 3.89. The third-order valence-electron chi connectivity index (χ3n) is 4.57. The Labute approximate surface area is 178 Å². The highest BCUT2D eigenvalue weighted by Crippen LogP contribution is 2.36. The number of ether oxygens (including phenoxy) is 1. The van der Waals surface area contributed by atoms with E-state index in [0.29, 0.717) is 21.3 Å². The number of thiophene rings is 1. The van der Waals surface area contributed by atoms with E-state index in [0.717, 1.165) is 16.8 Å². The number of aromatic nitrogens is 1. The molecule has 0 aliphatic rings. The Morgan fingerprint density at radius 3 is 2.59 bits per heavy atom. The van der Waals surface area contributed by atoms with Crippen molar-refractivity contribution in [1.82, 2.24) is 4.57 Å². The number of methoxy groups -OCH3 is 1. The first-order chi connectivity index (χ1) is 14.1. The van der Waals surface area contributed by atoms with Gasteiger partial charge in [0.25, 0.3) is 5.91 Å². The quantitative estimate of drug-likeness (QED) is 0.402. The molecule has 0 atom stereocenters. The van der Waals surface area contributed by atoms with Crippen molar-refractivity contribution in [3.8, 4) is 22.6 Å². The number of amides is 1. The Hall–Kier alpha value is -3.02. The summed E-state index contributed by atoms with van der Waals surface area (Å²) in [4.78, 5) is 13.7. The lowest BCUT2D eigenvalue weighted by atomic mass is 10.0. The first-order valence-electron chi connectivity index (χ1n) is 9.03. The second-order valence-electron chi connectivity index (χ2n) is 6.59. The van der Waals surface area contributed by atoms with Crippen molar-refractivity contribution in [2.75, 3.05) is 12.4 Å². The molecule has 146 valence electrons. The minimum absolute atomic E-state index is 0.182. The smallest absolute Gasteiger partial charge is 0.267 e. The molecule has 0 aliphatic heterocycles. The highest BCUT2D eigenvalue weighted by molar-refractivity contribution is 7.13. The molecule has 0 spiro atoms. The van der Waals surface area contributed by atoms with E-state index >= 15 is 0 Å². The lowest BCUT2D eigenvalue weighted by Crippen LogP contribution is -2.13. The van der Waals surface area contributed by atoms with Crippen LogP contribution in [0.25, 0.3) is 16.8 Å². The number of carbonyl (C=O) groups excluding carboxylic acids is 1. The van der Waals surface area contributed by atoms with Crippen LogP contribution in [0.1, 0.15) is 15.2 Å². The number of anilines is 1. The van der Waals surface area contributed by atoms with Gasteiger partial charge in [0.05, 0.1) is 17.8 Å². The normalized spacial score (nSPS) is 10.7. The maximum Gasteiger partial charge on any atom is 0.267 e. The molecule has 2 heterocycles. The highest BCUT2D eigenvalue weighted by atomic mass is 35.5. The van der Waals surface area contributed by atoms with Crippen molar-refractivity contribution in [3.63, 3.8) is 0 Å². The fraction of sp³-hybridized carbons (Fsp3) is 0.0870. The molecular formula is C23H19ClN2O2S. The van der Waals surface area contributed by atoms with Crippen molar-refractivity contribution in [1.29, 1.82) is 0 Å². The molecule has 4 aromatic rings. The van der Waals surface area contributed by atoms with Gasteiger partial charge in [0.15, 0.2) is 0 Å². The van der Waals surface area contributed by atoms with E-state index in [9.17, 15) is 4.79 Å². The Balaban J connectivity index is 1.74. The van der Waals surface area contributed by atoms with Gasteiger partial charge in [-0.1, -0.05) is 41.4 Å². The molecule has 2 aromatic carbocycles. The van der Waals surface area contributed by atoms with Crippen LogP contribution in [0.5, 0.6) is 5.75 Å². The van der Waals surface area contributed by atoms with Gasteiger partial charge in [0.2, 0.25) is 0 Å². The van der Waals surface area contributed by atoms with Crippen molar-refractivity contribution in [2.45, 2.75) is 6.92 Å². The van der Waals surface area contributed by atoms with E-state index in [2.05, 4.69) is 30.4 Å². The molecule has 29 heavy (non-hydrogen) atoms. The number of nitrogens with one attached hydrogen (secondary N) is 1. The van der Waals surface area contributed by atoms with Gasteiger partial charge in [-0.15, -0.1) is 11.3 Å².